The van der Waals surface area contributed by atoms with Gasteiger partial charge in [0.15, 0.2) is 5.82 Å². The Labute approximate surface area is 72.2 Å². The third-order valence-electron chi connectivity index (χ3n) is 2.43. The van der Waals surface area contributed by atoms with Crippen molar-refractivity contribution in [1.29, 1.82) is 0 Å². The summed E-state index contributed by atoms with van der Waals surface area (Å²) < 4.78 is 5.16. The van der Waals surface area contributed by atoms with Crippen LogP contribution < -0.4 is 0 Å². The Morgan fingerprint density at radius 1 is 1.58 bits per heavy atom. The molecule has 1 heterocycles. The quantitative estimate of drug-likeness (QED) is 0.692. The molecule has 0 radical (unpaired) electrons. The SMILES string of the molecule is CC[C@H](C)c1nc(C2CC2)no1. The zero-order valence-corrected chi connectivity index (χ0v) is 7.58. The normalized spacial score (nSPS) is 19.5. The van der Waals surface area contributed by atoms with Gasteiger partial charge < -0.3 is 4.52 Å². The highest BCUT2D eigenvalue weighted by atomic mass is 16.5. The van der Waals surface area contributed by atoms with Crippen molar-refractivity contribution in [3.05, 3.63) is 11.7 Å². The average molecular weight is 166 g/mol. The van der Waals surface area contributed by atoms with E-state index in [1.54, 1.807) is 0 Å². The number of hydrogen-bond donors (Lipinski definition) is 0. The van der Waals surface area contributed by atoms with E-state index in [9.17, 15) is 0 Å². The lowest BCUT2D eigenvalue weighted by Crippen LogP contribution is -1.91. The molecule has 2 rings (SSSR count). The van der Waals surface area contributed by atoms with E-state index in [0.29, 0.717) is 11.8 Å². The Balaban J connectivity index is 2.12. The Morgan fingerprint density at radius 3 is 2.92 bits per heavy atom. The molecule has 1 aliphatic carbocycles. The van der Waals surface area contributed by atoms with Crippen LogP contribution >= 0.6 is 0 Å². The van der Waals surface area contributed by atoms with Crippen LogP contribution in [0.1, 0.15) is 56.7 Å². The lowest BCUT2D eigenvalue weighted by atomic mass is 10.1. The summed E-state index contributed by atoms with van der Waals surface area (Å²) in [6.45, 7) is 4.25. The molecule has 1 atom stereocenters. The fraction of sp³-hybridized carbons (Fsp3) is 0.778. The Bertz CT molecular complexity index is 265. The second-order valence-corrected chi connectivity index (χ2v) is 3.57. The van der Waals surface area contributed by atoms with Crippen molar-refractivity contribution in [2.45, 2.75) is 44.9 Å². The molecule has 0 aromatic carbocycles. The van der Waals surface area contributed by atoms with Crippen molar-refractivity contribution in [2.75, 3.05) is 0 Å². The van der Waals surface area contributed by atoms with E-state index >= 15 is 0 Å². The molecule has 0 bridgehead atoms. The molecule has 0 unspecified atom stereocenters. The fourth-order valence-electron chi connectivity index (χ4n) is 1.13. The number of rotatable bonds is 3. The van der Waals surface area contributed by atoms with Crippen LogP contribution in [-0.2, 0) is 0 Å². The third-order valence-corrected chi connectivity index (χ3v) is 2.43. The van der Waals surface area contributed by atoms with Crippen molar-refractivity contribution in [1.82, 2.24) is 10.1 Å². The van der Waals surface area contributed by atoms with Gasteiger partial charge >= 0.3 is 0 Å². The minimum absolute atomic E-state index is 0.407. The monoisotopic (exact) mass is 166 g/mol. The standard InChI is InChI=1S/C9H14N2O/c1-3-6(2)9-10-8(11-12-9)7-4-5-7/h6-7H,3-5H2,1-2H3/t6-/m0/s1. The molecule has 0 saturated heterocycles. The van der Waals surface area contributed by atoms with Crippen molar-refractivity contribution < 1.29 is 4.52 Å². The van der Waals surface area contributed by atoms with Crippen molar-refractivity contribution in [2.24, 2.45) is 0 Å². The first-order valence-electron chi connectivity index (χ1n) is 4.64. The molecule has 3 heteroatoms. The van der Waals surface area contributed by atoms with Gasteiger partial charge in [-0.2, -0.15) is 4.98 Å². The van der Waals surface area contributed by atoms with Crippen LogP contribution in [0.5, 0.6) is 0 Å². The highest BCUT2D eigenvalue weighted by Crippen LogP contribution is 2.38. The van der Waals surface area contributed by atoms with E-state index in [2.05, 4.69) is 24.0 Å². The smallest absolute Gasteiger partial charge is 0.229 e. The van der Waals surface area contributed by atoms with Gasteiger partial charge in [-0.05, 0) is 19.3 Å². The Kier molecular flexibility index (Phi) is 1.87. The predicted molar refractivity (Wildman–Crippen MR) is 45.0 cm³/mol. The van der Waals surface area contributed by atoms with Gasteiger partial charge in [0.2, 0.25) is 5.89 Å². The molecule has 0 aliphatic heterocycles. The molecule has 3 nitrogen and oxygen atoms in total. The first-order chi connectivity index (χ1) is 5.81. The van der Waals surface area contributed by atoms with Crippen molar-refractivity contribution >= 4 is 0 Å². The summed E-state index contributed by atoms with van der Waals surface area (Å²) in [4.78, 5) is 4.37. The summed E-state index contributed by atoms with van der Waals surface area (Å²) in [6.07, 6.45) is 3.53. The molecule has 0 spiro atoms. The molecule has 12 heavy (non-hydrogen) atoms. The van der Waals surface area contributed by atoms with Gasteiger partial charge in [-0.1, -0.05) is 19.0 Å². The molecule has 0 amide bonds. The van der Waals surface area contributed by atoms with Crippen molar-refractivity contribution in [3.8, 4) is 0 Å². The zero-order valence-electron chi connectivity index (χ0n) is 7.58. The van der Waals surface area contributed by atoms with Gasteiger partial charge in [-0.15, -0.1) is 0 Å². The Morgan fingerprint density at radius 2 is 2.33 bits per heavy atom. The Hall–Kier alpha value is -0.860. The van der Waals surface area contributed by atoms with Gasteiger partial charge in [0.05, 0.1) is 0 Å². The molecule has 1 aromatic rings. The maximum Gasteiger partial charge on any atom is 0.229 e. The van der Waals surface area contributed by atoms with Crippen LogP contribution in [-0.4, -0.2) is 10.1 Å². The number of nitrogens with zero attached hydrogens (tertiary/aromatic N) is 2. The van der Waals surface area contributed by atoms with Crippen molar-refractivity contribution in [3.63, 3.8) is 0 Å². The summed E-state index contributed by atoms with van der Waals surface area (Å²) in [7, 11) is 0. The van der Waals surface area contributed by atoms with Gasteiger partial charge in [0.1, 0.15) is 0 Å². The molecular formula is C9H14N2O. The summed E-state index contributed by atoms with van der Waals surface area (Å²) >= 11 is 0. The van der Waals surface area contributed by atoms with Gasteiger partial charge in [0, 0.05) is 11.8 Å². The fourth-order valence-corrected chi connectivity index (χ4v) is 1.13. The number of aromatic nitrogens is 2. The van der Waals surface area contributed by atoms with Crippen LogP contribution in [0.3, 0.4) is 0 Å². The molecule has 66 valence electrons. The third kappa shape index (κ3) is 1.36. The van der Waals surface area contributed by atoms with E-state index < -0.39 is 0 Å². The second kappa shape index (κ2) is 2.88. The molecule has 1 aromatic heterocycles. The molecule has 1 fully saturated rings. The summed E-state index contributed by atoms with van der Waals surface area (Å²) in [5.74, 6) is 2.74. The summed E-state index contributed by atoms with van der Waals surface area (Å²) in [5.41, 5.74) is 0. The molecular weight excluding hydrogens is 152 g/mol. The number of hydrogen-bond acceptors (Lipinski definition) is 3. The topological polar surface area (TPSA) is 38.9 Å². The highest BCUT2D eigenvalue weighted by Gasteiger charge is 2.29. The van der Waals surface area contributed by atoms with E-state index in [-0.39, 0.29) is 0 Å². The van der Waals surface area contributed by atoms with Gasteiger partial charge in [-0.25, -0.2) is 0 Å². The minimum atomic E-state index is 0.407. The van der Waals surface area contributed by atoms with Gasteiger partial charge in [-0.3, -0.25) is 0 Å². The second-order valence-electron chi connectivity index (χ2n) is 3.57. The van der Waals surface area contributed by atoms with E-state index in [4.69, 9.17) is 4.52 Å². The maximum atomic E-state index is 5.16. The lowest BCUT2D eigenvalue weighted by Gasteiger charge is -1.98. The van der Waals surface area contributed by atoms with Crippen LogP contribution in [0, 0.1) is 0 Å². The van der Waals surface area contributed by atoms with Crippen LogP contribution in [0.4, 0.5) is 0 Å². The minimum Gasteiger partial charge on any atom is -0.339 e. The lowest BCUT2D eigenvalue weighted by molar-refractivity contribution is 0.352. The summed E-state index contributed by atoms with van der Waals surface area (Å²) in [5, 5.41) is 3.96. The maximum absolute atomic E-state index is 5.16. The van der Waals surface area contributed by atoms with Gasteiger partial charge in [0.25, 0.3) is 0 Å². The summed E-state index contributed by atoms with van der Waals surface area (Å²) in [6, 6.07) is 0. The molecule has 1 saturated carbocycles. The first-order valence-corrected chi connectivity index (χ1v) is 4.64. The predicted octanol–water partition coefficient (Wildman–Crippen LogP) is 2.46. The first kappa shape index (κ1) is 7.77. The average Bonchev–Trinajstić information content (AvgIpc) is 2.83. The van der Waals surface area contributed by atoms with E-state index in [1.165, 1.54) is 12.8 Å². The zero-order chi connectivity index (χ0) is 8.55. The largest absolute Gasteiger partial charge is 0.339 e. The van der Waals surface area contributed by atoms with Crippen LogP contribution in [0.25, 0.3) is 0 Å². The van der Waals surface area contributed by atoms with Crippen LogP contribution in [0.15, 0.2) is 4.52 Å². The highest BCUT2D eigenvalue weighted by molar-refractivity contribution is 5.04. The molecule has 0 N–H and O–H groups in total. The molecule has 1 aliphatic rings. The van der Waals surface area contributed by atoms with E-state index in [1.807, 2.05) is 0 Å². The van der Waals surface area contributed by atoms with Crippen LogP contribution in [0.2, 0.25) is 0 Å². The van der Waals surface area contributed by atoms with E-state index in [0.717, 1.165) is 18.1 Å².